The number of nitrogens with one attached hydrogen (secondary N) is 1. The summed E-state index contributed by atoms with van der Waals surface area (Å²) in [6, 6.07) is 0. The summed E-state index contributed by atoms with van der Waals surface area (Å²) in [5.41, 5.74) is -0.239. The lowest BCUT2D eigenvalue weighted by Gasteiger charge is -2.08. The van der Waals surface area contributed by atoms with Crippen LogP contribution in [0.3, 0.4) is 0 Å². The number of carbonyl (C=O) groups is 1. The van der Waals surface area contributed by atoms with E-state index in [1.807, 2.05) is 0 Å². The van der Waals surface area contributed by atoms with Crippen LogP contribution in [-0.4, -0.2) is 22.5 Å². The topological polar surface area (TPSA) is 75.2 Å². The Bertz CT molecular complexity index is 526. The average molecular weight is 195 g/mol. The van der Waals surface area contributed by atoms with Gasteiger partial charge in [0.2, 0.25) is 5.91 Å². The van der Waals surface area contributed by atoms with Crippen LogP contribution in [0.5, 0.6) is 0 Å². The maximum atomic E-state index is 11.4. The van der Waals surface area contributed by atoms with E-state index < -0.39 is 11.2 Å². The van der Waals surface area contributed by atoms with Crippen molar-refractivity contribution in [2.45, 2.75) is 6.42 Å². The fourth-order valence-electron chi connectivity index (χ4n) is 1.59. The van der Waals surface area contributed by atoms with Gasteiger partial charge in [0, 0.05) is 14.1 Å². The molecule has 1 aromatic heterocycles. The standard InChI is InChI=1S/C8H9N3O3/c1-10-4-3-5(12)11(2)6(4)7(13)9-8(10)14/h3H2,1-2H3,(H,9,13,14). The second-order valence-electron chi connectivity index (χ2n) is 3.24. The molecule has 74 valence electrons. The number of hydrogen-bond donors (Lipinski definition) is 1. The van der Waals surface area contributed by atoms with Crippen molar-refractivity contribution in [1.82, 2.24) is 9.55 Å². The summed E-state index contributed by atoms with van der Waals surface area (Å²) in [6.45, 7) is 0. The third-order valence-corrected chi connectivity index (χ3v) is 2.45. The zero-order chi connectivity index (χ0) is 10.5. The van der Waals surface area contributed by atoms with Gasteiger partial charge in [0.25, 0.3) is 5.56 Å². The van der Waals surface area contributed by atoms with E-state index in [1.54, 1.807) is 0 Å². The molecule has 1 aromatic rings. The second-order valence-corrected chi connectivity index (χ2v) is 3.24. The van der Waals surface area contributed by atoms with Crippen molar-refractivity contribution in [2.75, 3.05) is 11.9 Å². The van der Waals surface area contributed by atoms with Crippen LogP contribution in [0.4, 0.5) is 5.69 Å². The molecule has 0 saturated carbocycles. The first kappa shape index (κ1) is 8.74. The summed E-state index contributed by atoms with van der Waals surface area (Å²) in [5.74, 6) is -0.174. The molecule has 0 radical (unpaired) electrons. The summed E-state index contributed by atoms with van der Waals surface area (Å²) < 4.78 is 1.29. The number of carbonyl (C=O) groups excluding carboxylic acids is 1. The molecule has 0 aliphatic carbocycles. The molecule has 1 aliphatic rings. The lowest BCUT2D eigenvalue weighted by molar-refractivity contribution is -0.117. The van der Waals surface area contributed by atoms with Crippen LogP contribution < -0.4 is 16.1 Å². The summed E-state index contributed by atoms with van der Waals surface area (Å²) in [4.78, 5) is 37.3. The Kier molecular flexibility index (Phi) is 1.60. The molecule has 0 atom stereocenters. The predicted octanol–water partition coefficient (Wildman–Crippen LogP) is -1.41. The van der Waals surface area contributed by atoms with Crippen LogP contribution in [0.25, 0.3) is 0 Å². The van der Waals surface area contributed by atoms with Crippen LogP contribution in [0.15, 0.2) is 9.59 Å². The first-order valence-electron chi connectivity index (χ1n) is 4.11. The number of H-pyrrole nitrogens is 1. The largest absolute Gasteiger partial charge is 0.328 e. The molecule has 0 spiro atoms. The first-order chi connectivity index (χ1) is 6.52. The molecule has 1 aliphatic heterocycles. The van der Waals surface area contributed by atoms with Crippen molar-refractivity contribution >= 4 is 11.6 Å². The van der Waals surface area contributed by atoms with Crippen molar-refractivity contribution < 1.29 is 4.79 Å². The molecule has 6 heteroatoms. The normalized spacial score (nSPS) is 14.7. The SMILES string of the molecule is CN1C(=O)Cc2c1c(=O)[nH]c(=O)n2C. The third-order valence-electron chi connectivity index (χ3n) is 2.45. The molecule has 6 nitrogen and oxygen atoms in total. The van der Waals surface area contributed by atoms with Crippen LogP contribution >= 0.6 is 0 Å². The van der Waals surface area contributed by atoms with Gasteiger partial charge in [-0.1, -0.05) is 0 Å². The Balaban J connectivity index is 2.86. The minimum Gasteiger partial charge on any atom is -0.309 e. The molecule has 2 heterocycles. The van der Waals surface area contributed by atoms with Gasteiger partial charge in [-0.15, -0.1) is 0 Å². The maximum Gasteiger partial charge on any atom is 0.328 e. The molecule has 0 aromatic carbocycles. The molecule has 0 unspecified atom stereocenters. The molecular weight excluding hydrogens is 186 g/mol. The van der Waals surface area contributed by atoms with E-state index in [-0.39, 0.29) is 18.0 Å². The van der Waals surface area contributed by atoms with Crippen molar-refractivity contribution in [3.05, 3.63) is 26.5 Å². The Hall–Kier alpha value is -1.85. The van der Waals surface area contributed by atoms with Crippen molar-refractivity contribution in [3.8, 4) is 0 Å². The number of fused-ring (bicyclic) bond motifs is 1. The molecular formula is C8H9N3O3. The molecule has 0 bridgehead atoms. The minimum atomic E-state index is -0.503. The van der Waals surface area contributed by atoms with E-state index in [0.717, 1.165) is 0 Å². The predicted molar refractivity (Wildman–Crippen MR) is 49.4 cm³/mol. The van der Waals surface area contributed by atoms with E-state index in [4.69, 9.17) is 0 Å². The number of aromatic amines is 1. The summed E-state index contributed by atoms with van der Waals surface area (Å²) in [7, 11) is 3.05. The van der Waals surface area contributed by atoms with E-state index >= 15 is 0 Å². The lowest BCUT2D eigenvalue weighted by atomic mass is 10.3. The van der Waals surface area contributed by atoms with E-state index in [1.165, 1.54) is 23.6 Å². The number of anilines is 1. The maximum absolute atomic E-state index is 11.4. The molecule has 1 amide bonds. The quantitative estimate of drug-likeness (QED) is 0.552. The number of hydrogen-bond acceptors (Lipinski definition) is 3. The molecule has 0 fully saturated rings. The molecule has 0 saturated heterocycles. The van der Waals surface area contributed by atoms with Gasteiger partial charge in [0.05, 0.1) is 12.1 Å². The van der Waals surface area contributed by atoms with Crippen LogP contribution in [0.1, 0.15) is 5.69 Å². The van der Waals surface area contributed by atoms with E-state index in [9.17, 15) is 14.4 Å². The fourth-order valence-corrected chi connectivity index (χ4v) is 1.59. The monoisotopic (exact) mass is 195 g/mol. The first-order valence-corrected chi connectivity index (χ1v) is 4.11. The van der Waals surface area contributed by atoms with Gasteiger partial charge in [0.15, 0.2) is 0 Å². The minimum absolute atomic E-state index is 0.113. The highest BCUT2D eigenvalue weighted by atomic mass is 16.2. The number of rotatable bonds is 0. The van der Waals surface area contributed by atoms with Gasteiger partial charge in [0.1, 0.15) is 5.69 Å². The zero-order valence-corrected chi connectivity index (χ0v) is 7.83. The third kappa shape index (κ3) is 0.935. The van der Waals surface area contributed by atoms with Gasteiger partial charge in [-0.05, 0) is 0 Å². The number of likely N-dealkylation sites (N-methyl/N-ethyl adjacent to an activating group) is 1. The smallest absolute Gasteiger partial charge is 0.309 e. The second kappa shape index (κ2) is 2.57. The molecule has 14 heavy (non-hydrogen) atoms. The van der Waals surface area contributed by atoms with Gasteiger partial charge in [-0.2, -0.15) is 0 Å². The zero-order valence-electron chi connectivity index (χ0n) is 7.83. The average Bonchev–Trinajstić information content (AvgIpc) is 2.40. The van der Waals surface area contributed by atoms with Gasteiger partial charge >= 0.3 is 5.69 Å². The van der Waals surface area contributed by atoms with Crippen LogP contribution in [-0.2, 0) is 18.3 Å². The highest BCUT2D eigenvalue weighted by Gasteiger charge is 2.29. The number of aromatic nitrogens is 2. The van der Waals surface area contributed by atoms with Gasteiger partial charge in [-0.25, -0.2) is 4.79 Å². The Labute approximate surface area is 78.8 Å². The van der Waals surface area contributed by atoms with Crippen molar-refractivity contribution in [2.24, 2.45) is 7.05 Å². The summed E-state index contributed by atoms with van der Waals surface area (Å²) >= 11 is 0. The highest BCUT2D eigenvalue weighted by molar-refractivity contribution is 5.99. The van der Waals surface area contributed by atoms with Crippen LogP contribution in [0, 0.1) is 0 Å². The highest BCUT2D eigenvalue weighted by Crippen LogP contribution is 2.20. The fraction of sp³-hybridized carbons (Fsp3) is 0.375. The van der Waals surface area contributed by atoms with E-state index in [2.05, 4.69) is 4.98 Å². The summed E-state index contributed by atoms with van der Waals surface area (Å²) in [6.07, 6.45) is 0.113. The van der Waals surface area contributed by atoms with Crippen LogP contribution in [0.2, 0.25) is 0 Å². The number of amides is 1. The molecule has 2 rings (SSSR count). The van der Waals surface area contributed by atoms with Gasteiger partial charge < -0.3 is 4.90 Å². The lowest BCUT2D eigenvalue weighted by Crippen LogP contribution is -2.32. The Morgan fingerprint density at radius 2 is 1.86 bits per heavy atom. The number of nitrogens with zero attached hydrogens (tertiary/aromatic N) is 2. The van der Waals surface area contributed by atoms with E-state index in [0.29, 0.717) is 5.69 Å². The molecule has 1 N–H and O–H groups in total. The van der Waals surface area contributed by atoms with Crippen molar-refractivity contribution in [1.29, 1.82) is 0 Å². The Morgan fingerprint density at radius 3 is 2.50 bits per heavy atom. The Morgan fingerprint density at radius 1 is 1.21 bits per heavy atom. The van der Waals surface area contributed by atoms with Gasteiger partial charge in [-0.3, -0.25) is 19.1 Å². The van der Waals surface area contributed by atoms with Crippen molar-refractivity contribution in [3.63, 3.8) is 0 Å². The summed E-state index contributed by atoms with van der Waals surface area (Å²) in [5, 5.41) is 0.